The van der Waals surface area contributed by atoms with Gasteiger partial charge in [-0.05, 0) is 94.0 Å². The van der Waals surface area contributed by atoms with Crippen LogP contribution < -0.4 is 0 Å². The van der Waals surface area contributed by atoms with E-state index in [0.29, 0.717) is 59.9 Å². The van der Waals surface area contributed by atoms with Crippen LogP contribution in [0.4, 0.5) is 4.79 Å². The van der Waals surface area contributed by atoms with Gasteiger partial charge < -0.3 is 23.9 Å². The summed E-state index contributed by atoms with van der Waals surface area (Å²) >= 11 is 7.17. The Hall–Kier alpha value is -5.82. The number of hydrogen-bond donors (Lipinski definition) is 1. The first-order valence-corrected chi connectivity index (χ1v) is 20.3. The van der Waals surface area contributed by atoms with Crippen LogP contribution in [0.1, 0.15) is 84.9 Å². The number of fused-ring (bicyclic) bond motifs is 3. The molecule has 0 aliphatic carbocycles. The summed E-state index contributed by atoms with van der Waals surface area (Å²) < 4.78 is 22.1. The summed E-state index contributed by atoms with van der Waals surface area (Å²) in [6, 6.07) is 17.4. The Balaban J connectivity index is 1.25. The number of nitrogens with zero attached hydrogens (tertiary/aromatic N) is 6. The molecule has 1 N–H and O–H groups in total. The highest BCUT2D eigenvalue weighted by Crippen LogP contribution is 2.44. The molecule has 13 nitrogen and oxygen atoms in total. The van der Waals surface area contributed by atoms with Crippen molar-refractivity contribution < 1.29 is 33.7 Å². The van der Waals surface area contributed by atoms with Crippen LogP contribution in [0.25, 0.3) is 32.8 Å². The molecule has 59 heavy (non-hydrogen) atoms. The minimum absolute atomic E-state index is 0.1000. The number of phenolic OH excluding ortho intramolecular Hbond substituents is 1. The van der Waals surface area contributed by atoms with Crippen molar-refractivity contribution in [1.82, 2.24) is 29.0 Å². The molecule has 3 aromatic heterocycles. The van der Waals surface area contributed by atoms with Gasteiger partial charge in [-0.3, -0.25) is 19.1 Å². The highest BCUT2D eigenvalue weighted by molar-refractivity contribution is 6.35. The van der Waals surface area contributed by atoms with E-state index in [2.05, 4.69) is 6.07 Å². The molecule has 3 aromatic carbocycles. The molecule has 4 heterocycles. The summed E-state index contributed by atoms with van der Waals surface area (Å²) in [7, 11) is 5.07. The lowest BCUT2D eigenvalue weighted by Crippen LogP contribution is -2.36. The van der Waals surface area contributed by atoms with Crippen LogP contribution >= 0.6 is 11.6 Å². The third-order valence-corrected chi connectivity index (χ3v) is 11.1. The van der Waals surface area contributed by atoms with Gasteiger partial charge in [0.15, 0.2) is 0 Å². The second-order valence-electron chi connectivity index (χ2n) is 16.2. The molecule has 0 bridgehead atoms. The molecule has 14 heteroatoms. The second-order valence-corrected chi connectivity index (χ2v) is 16.6. The molecular weight excluding hydrogens is 772 g/mol. The van der Waals surface area contributed by atoms with E-state index >= 15 is 0 Å². The maximum Gasteiger partial charge on any atom is 0.410 e. The van der Waals surface area contributed by atoms with Crippen molar-refractivity contribution >= 4 is 51.3 Å². The normalized spacial score (nSPS) is 12.6. The van der Waals surface area contributed by atoms with Crippen molar-refractivity contribution in [2.24, 2.45) is 14.1 Å². The van der Waals surface area contributed by atoms with Crippen molar-refractivity contribution in [2.45, 2.75) is 91.5 Å². The zero-order valence-electron chi connectivity index (χ0n) is 34.7. The summed E-state index contributed by atoms with van der Waals surface area (Å²) in [5.41, 5.74) is 6.98. The van der Waals surface area contributed by atoms with Gasteiger partial charge in [-0.1, -0.05) is 48.0 Å². The fraction of sp³-hybridized carbons (Fsp3) is 0.400. The highest BCUT2D eigenvalue weighted by atomic mass is 35.5. The number of carbonyl (C=O) groups excluding carboxylic acids is 3. The van der Waals surface area contributed by atoms with E-state index < -0.39 is 17.7 Å². The molecule has 0 spiro atoms. The quantitative estimate of drug-likeness (QED) is 0.0692. The Morgan fingerprint density at radius 3 is 2.47 bits per heavy atom. The van der Waals surface area contributed by atoms with Crippen molar-refractivity contribution in [3.8, 4) is 16.9 Å². The standard InChI is InChI=1S/C45H51ClN6O7/c1-27(53)58-21-11-14-33-34-18-19-35(46)39(41(34)49(5)42(33)43(55)57-7)40-36(48-52-20-10-15-37(40)52)26-51(44(56)59-45(2,3)4)25-30-24-31(50(6)47-30)17-16-28-22-29-12-8-9-13-32(29)38(54)23-28/h8-9,12-13,18-19,22-24,54H,10-11,14-17,20-21,25-26H2,1-7H3. The average molecular weight is 823 g/mol. The Morgan fingerprint density at radius 1 is 0.949 bits per heavy atom. The third-order valence-electron chi connectivity index (χ3n) is 10.8. The number of benzene rings is 3. The summed E-state index contributed by atoms with van der Waals surface area (Å²) in [6.45, 7) is 8.05. The van der Waals surface area contributed by atoms with Crippen LogP contribution in [0.15, 0.2) is 54.6 Å². The molecule has 0 saturated carbocycles. The maximum atomic E-state index is 14.1. The summed E-state index contributed by atoms with van der Waals surface area (Å²) in [5.74, 6) is -0.600. The molecule has 1 aliphatic heterocycles. The number of aromatic nitrogens is 5. The van der Waals surface area contributed by atoms with E-state index in [0.717, 1.165) is 62.6 Å². The number of aryl methyl sites for hydroxylation is 6. The Kier molecular flexibility index (Phi) is 11.8. The number of halogens is 1. The van der Waals surface area contributed by atoms with Crippen LogP contribution in [-0.2, 0) is 78.4 Å². The number of aromatic hydroxyl groups is 1. The first kappa shape index (κ1) is 41.3. The molecule has 310 valence electrons. The van der Waals surface area contributed by atoms with Crippen LogP contribution in [0.5, 0.6) is 5.75 Å². The van der Waals surface area contributed by atoms with Gasteiger partial charge >= 0.3 is 18.0 Å². The van der Waals surface area contributed by atoms with Crippen LogP contribution in [0.3, 0.4) is 0 Å². The van der Waals surface area contributed by atoms with Crippen molar-refractivity contribution in [3.05, 3.63) is 99.2 Å². The maximum absolute atomic E-state index is 14.1. The molecule has 0 unspecified atom stereocenters. The van der Waals surface area contributed by atoms with Gasteiger partial charge in [0.2, 0.25) is 0 Å². The lowest BCUT2D eigenvalue weighted by Gasteiger charge is -2.27. The average Bonchev–Trinajstić information content (AvgIpc) is 3.93. The third kappa shape index (κ3) is 8.66. The molecule has 0 atom stereocenters. The van der Waals surface area contributed by atoms with E-state index in [4.69, 9.17) is 36.0 Å². The summed E-state index contributed by atoms with van der Waals surface area (Å²) in [4.78, 5) is 40.6. The SMILES string of the molecule is COC(=O)c1c(CCCOC(C)=O)c2ccc(Cl)c(-c3c(CN(Cc4cc(CCc5cc(O)c6ccccc6c5)n(C)n4)C(=O)OC(C)(C)C)nn4c3CCC4)c2n1C. The number of phenols is 1. The van der Waals surface area contributed by atoms with E-state index in [1.165, 1.54) is 14.0 Å². The molecule has 6 aromatic rings. The summed E-state index contributed by atoms with van der Waals surface area (Å²) in [6.07, 6.45) is 3.46. The molecule has 0 radical (unpaired) electrons. The Bertz CT molecular complexity index is 2580. The van der Waals surface area contributed by atoms with Gasteiger partial charge in [-0.25, -0.2) is 9.59 Å². The monoisotopic (exact) mass is 822 g/mol. The van der Waals surface area contributed by atoms with Crippen LogP contribution in [-0.4, -0.2) is 71.5 Å². The topological polar surface area (TPSA) is 143 Å². The second kappa shape index (κ2) is 16.8. The van der Waals surface area contributed by atoms with Crippen LogP contribution in [0.2, 0.25) is 5.02 Å². The van der Waals surface area contributed by atoms with Crippen molar-refractivity contribution in [3.63, 3.8) is 0 Å². The predicted octanol–water partition coefficient (Wildman–Crippen LogP) is 8.24. The van der Waals surface area contributed by atoms with Crippen molar-refractivity contribution in [1.29, 1.82) is 0 Å². The summed E-state index contributed by atoms with van der Waals surface area (Å²) in [5, 5.41) is 23.7. The Morgan fingerprint density at radius 2 is 1.73 bits per heavy atom. The first-order valence-electron chi connectivity index (χ1n) is 19.9. The van der Waals surface area contributed by atoms with Gasteiger partial charge in [-0.2, -0.15) is 10.2 Å². The molecule has 0 saturated heterocycles. The zero-order chi connectivity index (χ0) is 42.2. The van der Waals surface area contributed by atoms with Gasteiger partial charge in [0.1, 0.15) is 17.0 Å². The van der Waals surface area contributed by atoms with E-state index in [1.54, 1.807) is 4.90 Å². The molecule has 1 amide bonds. The lowest BCUT2D eigenvalue weighted by molar-refractivity contribution is -0.141. The number of amides is 1. The first-order chi connectivity index (χ1) is 28.1. The molecule has 1 aliphatic rings. The van der Waals surface area contributed by atoms with Crippen molar-refractivity contribution in [2.75, 3.05) is 13.7 Å². The number of hydrogen-bond acceptors (Lipinski definition) is 9. The van der Waals surface area contributed by atoms with Crippen LogP contribution in [0, 0.1) is 0 Å². The van der Waals surface area contributed by atoms with E-state index in [1.807, 2.05) is 97.3 Å². The minimum atomic E-state index is -0.761. The van der Waals surface area contributed by atoms with Gasteiger partial charge in [0, 0.05) is 60.9 Å². The molecule has 7 rings (SSSR count). The largest absolute Gasteiger partial charge is 0.507 e. The smallest absolute Gasteiger partial charge is 0.410 e. The zero-order valence-corrected chi connectivity index (χ0v) is 35.5. The van der Waals surface area contributed by atoms with Gasteiger partial charge in [0.05, 0.1) is 48.7 Å². The number of esters is 2. The van der Waals surface area contributed by atoms with Gasteiger partial charge in [0.25, 0.3) is 0 Å². The molecular formula is C45H51ClN6O7. The van der Waals surface area contributed by atoms with E-state index in [-0.39, 0.29) is 31.4 Å². The Labute approximate surface area is 348 Å². The fourth-order valence-corrected chi connectivity index (χ4v) is 8.48. The number of methoxy groups -OCH3 is 1. The lowest BCUT2D eigenvalue weighted by atomic mass is 9.97. The van der Waals surface area contributed by atoms with E-state index in [9.17, 15) is 19.5 Å². The minimum Gasteiger partial charge on any atom is -0.507 e. The predicted molar refractivity (Wildman–Crippen MR) is 225 cm³/mol. The number of carbonyl (C=O) groups is 3. The highest BCUT2D eigenvalue weighted by Gasteiger charge is 2.32. The number of ether oxygens (including phenoxy) is 3. The fourth-order valence-electron chi connectivity index (χ4n) is 8.24. The number of rotatable bonds is 13. The van der Waals surface area contributed by atoms with Gasteiger partial charge in [-0.15, -0.1) is 0 Å². The molecule has 0 fully saturated rings.